The first-order valence-corrected chi connectivity index (χ1v) is 7.11. The number of H-pyrrole nitrogens is 1. The van der Waals surface area contributed by atoms with Gasteiger partial charge in [0.15, 0.2) is 0 Å². The molecule has 0 aliphatic heterocycles. The Hall–Kier alpha value is -1.28. The van der Waals surface area contributed by atoms with Crippen LogP contribution in [0, 0.1) is 0 Å². The maximum absolute atomic E-state index is 13.2. The smallest absolute Gasteiger partial charge is 0.390 e. The maximum Gasteiger partial charge on any atom is 0.418 e. The summed E-state index contributed by atoms with van der Waals surface area (Å²) >= 11 is 3.02. The van der Waals surface area contributed by atoms with Gasteiger partial charge in [-0.1, -0.05) is 15.9 Å². The van der Waals surface area contributed by atoms with Crippen LogP contribution in [0.5, 0.6) is 0 Å². The maximum atomic E-state index is 13.2. The van der Waals surface area contributed by atoms with E-state index in [1.54, 1.807) is 6.92 Å². The second kappa shape index (κ2) is 4.36. The molecule has 1 aliphatic rings. The van der Waals surface area contributed by atoms with E-state index >= 15 is 0 Å². The van der Waals surface area contributed by atoms with Gasteiger partial charge in [0, 0.05) is 10.5 Å². The highest BCUT2D eigenvalue weighted by Crippen LogP contribution is 2.43. The third-order valence-corrected chi connectivity index (χ3v) is 4.26. The molecular weight excluding hydrogens is 353 g/mol. The monoisotopic (exact) mass is 364 g/mol. The van der Waals surface area contributed by atoms with E-state index in [1.807, 2.05) is 0 Å². The molecule has 2 N–H and O–H groups in total. The zero-order valence-corrected chi connectivity index (χ0v) is 12.5. The molecule has 0 amide bonds. The number of nitrogens with zero attached hydrogens (tertiary/aromatic N) is 1. The van der Waals surface area contributed by atoms with Gasteiger partial charge in [-0.15, -0.1) is 0 Å². The number of rotatable bonds is 1. The van der Waals surface area contributed by atoms with Crippen molar-refractivity contribution in [2.75, 3.05) is 0 Å². The van der Waals surface area contributed by atoms with Gasteiger partial charge >= 0.3 is 11.9 Å². The van der Waals surface area contributed by atoms with E-state index in [4.69, 9.17) is 0 Å². The number of imidazole rings is 1. The van der Waals surface area contributed by atoms with Crippen LogP contribution in [0.4, 0.5) is 13.2 Å². The molecule has 0 spiro atoms. The molecule has 0 bridgehead atoms. The Morgan fingerprint density at radius 2 is 2.05 bits per heavy atom. The van der Waals surface area contributed by atoms with Gasteiger partial charge in [-0.2, -0.15) is 13.2 Å². The molecule has 1 aromatic carbocycles. The van der Waals surface area contributed by atoms with Gasteiger partial charge in [0.05, 0.1) is 22.2 Å². The van der Waals surface area contributed by atoms with Crippen LogP contribution < -0.4 is 5.69 Å². The summed E-state index contributed by atoms with van der Waals surface area (Å²) in [6, 6.07) is 1.98. The summed E-state index contributed by atoms with van der Waals surface area (Å²) in [7, 11) is 0. The van der Waals surface area contributed by atoms with E-state index < -0.39 is 29.1 Å². The van der Waals surface area contributed by atoms with Crippen molar-refractivity contribution in [1.29, 1.82) is 0 Å². The highest BCUT2D eigenvalue weighted by atomic mass is 79.9. The Morgan fingerprint density at radius 1 is 1.43 bits per heavy atom. The minimum Gasteiger partial charge on any atom is -0.390 e. The van der Waals surface area contributed by atoms with Crippen LogP contribution >= 0.6 is 15.9 Å². The minimum absolute atomic E-state index is 0.133. The molecule has 114 valence electrons. The fourth-order valence-corrected chi connectivity index (χ4v) is 3.39. The molecule has 21 heavy (non-hydrogen) atoms. The molecule has 0 atom stereocenters. The second-order valence-corrected chi connectivity index (χ2v) is 6.62. The van der Waals surface area contributed by atoms with E-state index in [9.17, 15) is 23.1 Å². The number of alkyl halides is 3. The normalized spacial score (nSPS) is 26.1. The van der Waals surface area contributed by atoms with Crippen LogP contribution in [0.3, 0.4) is 0 Å². The Balaban J connectivity index is 2.26. The van der Waals surface area contributed by atoms with Crippen LogP contribution in [0.1, 0.15) is 31.4 Å². The van der Waals surface area contributed by atoms with Crippen LogP contribution in [-0.4, -0.2) is 20.3 Å². The quantitative estimate of drug-likeness (QED) is 0.816. The lowest BCUT2D eigenvalue weighted by atomic mass is 9.77. The molecule has 1 aromatic heterocycles. The fraction of sp³-hybridized carbons (Fsp3) is 0.462. The summed E-state index contributed by atoms with van der Waals surface area (Å²) in [5.41, 5.74) is -2.41. The van der Waals surface area contributed by atoms with Gasteiger partial charge in [0.25, 0.3) is 0 Å². The predicted octanol–water partition coefficient (Wildman–Crippen LogP) is 3.20. The molecule has 2 aromatic rings. The Morgan fingerprint density at radius 3 is 2.57 bits per heavy atom. The Bertz CT molecular complexity index is 768. The van der Waals surface area contributed by atoms with Gasteiger partial charge in [0.1, 0.15) is 0 Å². The van der Waals surface area contributed by atoms with Gasteiger partial charge in [-0.3, -0.25) is 4.57 Å². The van der Waals surface area contributed by atoms with Crippen LogP contribution in [-0.2, 0) is 6.18 Å². The molecule has 1 saturated carbocycles. The van der Waals surface area contributed by atoms with E-state index in [0.717, 1.165) is 10.6 Å². The number of hydrogen-bond donors (Lipinski definition) is 2. The summed E-state index contributed by atoms with van der Waals surface area (Å²) in [6.45, 7) is 1.60. The average Bonchev–Trinajstić information content (AvgIpc) is 2.58. The zero-order chi connectivity index (χ0) is 15.6. The third kappa shape index (κ3) is 2.40. The van der Waals surface area contributed by atoms with E-state index in [1.165, 1.54) is 6.07 Å². The number of nitrogens with one attached hydrogen (secondary N) is 1. The third-order valence-electron chi connectivity index (χ3n) is 3.80. The van der Waals surface area contributed by atoms with Crippen LogP contribution in [0.25, 0.3) is 11.0 Å². The number of hydrogen-bond acceptors (Lipinski definition) is 2. The van der Waals surface area contributed by atoms with Gasteiger partial charge in [0.2, 0.25) is 0 Å². The van der Waals surface area contributed by atoms with Crippen molar-refractivity contribution in [2.45, 2.75) is 37.6 Å². The number of halogens is 4. The number of aromatic amines is 1. The molecule has 8 heteroatoms. The van der Waals surface area contributed by atoms with Gasteiger partial charge < -0.3 is 10.1 Å². The molecule has 0 saturated heterocycles. The number of aromatic nitrogens is 2. The van der Waals surface area contributed by atoms with Crippen molar-refractivity contribution in [2.24, 2.45) is 0 Å². The summed E-state index contributed by atoms with van der Waals surface area (Å²) in [6.07, 6.45) is -4.05. The standard InChI is InChI=1S/C13H12BrF3N2O2/c1-12(21)4-7(5-12)19-10-8(13(15,16)17)2-6(14)3-9(10)18-11(19)20/h2-3,7,21H,4-5H2,1H3,(H,18,20). The average molecular weight is 365 g/mol. The van der Waals surface area contributed by atoms with E-state index in [0.29, 0.717) is 0 Å². The van der Waals surface area contributed by atoms with E-state index in [2.05, 4.69) is 20.9 Å². The first kappa shape index (κ1) is 14.6. The van der Waals surface area contributed by atoms with Crippen LogP contribution in [0.15, 0.2) is 21.4 Å². The van der Waals surface area contributed by atoms with Gasteiger partial charge in [-0.05, 0) is 31.9 Å². The number of aliphatic hydroxyl groups is 1. The fourth-order valence-electron chi connectivity index (χ4n) is 2.93. The lowest BCUT2D eigenvalue weighted by Gasteiger charge is -2.41. The number of fused-ring (bicyclic) bond motifs is 1. The van der Waals surface area contributed by atoms with Crippen molar-refractivity contribution >= 4 is 27.0 Å². The molecular formula is C13H12BrF3N2O2. The zero-order valence-electron chi connectivity index (χ0n) is 11.0. The topological polar surface area (TPSA) is 58.0 Å². The highest BCUT2D eigenvalue weighted by Gasteiger charge is 2.43. The summed E-state index contributed by atoms with van der Waals surface area (Å²) < 4.78 is 41.0. The predicted molar refractivity (Wildman–Crippen MR) is 74.2 cm³/mol. The Kier molecular flexibility index (Phi) is 3.04. The molecule has 4 nitrogen and oxygen atoms in total. The molecule has 1 heterocycles. The Labute approximate surface area is 125 Å². The SMILES string of the molecule is CC1(O)CC(n2c(=O)[nH]c3cc(Br)cc(C(F)(F)F)c32)C1. The summed E-state index contributed by atoms with van der Waals surface area (Å²) in [5.74, 6) is 0. The lowest BCUT2D eigenvalue weighted by molar-refractivity contribution is -0.136. The molecule has 0 unspecified atom stereocenters. The van der Waals surface area contributed by atoms with Crippen LogP contribution in [0.2, 0.25) is 0 Å². The first-order chi connectivity index (χ1) is 9.58. The second-order valence-electron chi connectivity index (χ2n) is 5.71. The van der Waals surface area contributed by atoms with Crippen molar-refractivity contribution in [1.82, 2.24) is 9.55 Å². The van der Waals surface area contributed by atoms with Crippen molar-refractivity contribution in [3.05, 3.63) is 32.7 Å². The van der Waals surface area contributed by atoms with Gasteiger partial charge in [-0.25, -0.2) is 4.79 Å². The van der Waals surface area contributed by atoms with E-state index in [-0.39, 0.29) is 28.3 Å². The largest absolute Gasteiger partial charge is 0.418 e. The summed E-state index contributed by atoms with van der Waals surface area (Å²) in [4.78, 5) is 14.5. The van der Waals surface area contributed by atoms with Crippen molar-refractivity contribution in [3.8, 4) is 0 Å². The lowest BCUT2D eigenvalue weighted by Crippen LogP contribution is -2.44. The molecule has 1 aliphatic carbocycles. The molecule has 0 radical (unpaired) electrons. The molecule has 3 rings (SSSR count). The summed E-state index contributed by atoms with van der Waals surface area (Å²) in [5, 5.41) is 9.76. The first-order valence-electron chi connectivity index (χ1n) is 6.32. The van der Waals surface area contributed by atoms with Crippen molar-refractivity contribution < 1.29 is 18.3 Å². The highest BCUT2D eigenvalue weighted by molar-refractivity contribution is 9.10. The minimum atomic E-state index is -4.56. The molecule has 1 fully saturated rings. The number of benzene rings is 1. The van der Waals surface area contributed by atoms with Crippen molar-refractivity contribution in [3.63, 3.8) is 0 Å².